The number of carbonyl (C=O) groups is 1. The summed E-state index contributed by atoms with van der Waals surface area (Å²) in [4.78, 5) is 20.6. The van der Waals surface area contributed by atoms with Crippen molar-refractivity contribution >= 4 is 23.1 Å². The van der Waals surface area contributed by atoms with Crippen LogP contribution in [0.5, 0.6) is 0 Å². The number of nitrogens with one attached hydrogen (secondary N) is 1. The summed E-state index contributed by atoms with van der Waals surface area (Å²) in [5.41, 5.74) is 0.207. The van der Waals surface area contributed by atoms with Gasteiger partial charge in [-0.05, 0) is 17.9 Å². The summed E-state index contributed by atoms with van der Waals surface area (Å²) in [7, 11) is 1.32. The first kappa shape index (κ1) is 12.5. The molecule has 0 unspecified atom stereocenters. The molecule has 5 nitrogen and oxygen atoms in total. The predicted molar refractivity (Wildman–Crippen MR) is 69.9 cm³/mol. The molecule has 0 amide bonds. The first-order valence-corrected chi connectivity index (χ1v) is 6.34. The van der Waals surface area contributed by atoms with Crippen LogP contribution in [0.25, 0.3) is 0 Å². The average molecular weight is 263 g/mol. The standard InChI is InChI=1S/C12H13N3O2S/c1-17-12(16)10-7-13-8-11(15-10)14-5-4-9-3-2-6-18-9/h2-3,6-8H,4-5H2,1H3,(H,14,15). The van der Waals surface area contributed by atoms with E-state index in [1.54, 1.807) is 17.5 Å². The molecule has 18 heavy (non-hydrogen) atoms. The van der Waals surface area contributed by atoms with Crippen molar-refractivity contribution in [2.24, 2.45) is 0 Å². The molecule has 1 N–H and O–H groups in total. The van der Waals surface area contributed by atoms with E-state index in [9.17, 15) is 4.79 Å². The van der Waals surface area contributed by atoms with Gasteiger partial charge in [0.2, 0.25) is 0 Å². The number of methoxy groups -OCH3 is 1. The van der Waals surface area contributed by atoms with Gasteiger partial charge in [-0.25, -0.2) is 9.78 Å². The lowest BCUT2D eigenvalue weighted by Crippen LogP contribution is -2.10. The van der Waals surface area contributed by atoms with Crippen LogP contribution < -0.4 is 5.32 Å². The Morgan fingerprint density at radius 1 is 1.50 bits per heavy atom. The Labute approximate surface area is 109 Å². The normalized spacial score (nSPS) is 10.1. The Morgan fingerprint density at radius 2 is 2.39 bits per heavy atom. The van der Waals surface area contributed by atoms with Crippen molar-refractivity contribution in [1.29, 1.82) is 0 Å². The summed E-state index contributed by atoms with van der Waals surface area (Å²) in [5, 5.41) is 5.18. The number of hydrogen-bond acceptors (Lipinski definition) is 6. The van der Waals surface area contributed by atoms with E-state index in [4.69, 9.17) is 0 Å². The molecule has 2 rings (SSSR count). The van der Waals surface area contributed by atoms with Gasteiger partial charge in [-0.3, -0.25) is 4.98 Å². The fourth-order valence-electron chi connectivity index (χ4n) is 1.42. The van der Waals surface area contributed by atoms with Crippen LogP contribution in [0.2, 0.25) is 0 Å². The van der Waals surface area contributed by atoms with Gasteiger partial charge in [-0.2, -0.15) is 0 Å². The molecule has 0 spiro atoms. The number of anilines is 1. The second-order valence-corrected chi connectivity index (χ2v) is 4.57. The van der Waals surface area contributed by atoms with Crippen LogP contribution in [0.3, 0.4) is 0 Å². The van der Waals surface area contributed by atoms with Crippen molar-refractivity contribution in [1.82, 2.24) is 9.97 Å². The largest absolute Gasteiger partial charge is 0.464 e. The van der Waals surface area contributed by atoms with Gasteiger partial charge in [-0.15, -0.1) is 11.3 Å². The van der Waals surface area contributed by atoms with Crippen LogP contribution in [0.4, 0.5) is 5.82 Å². The number of aromatic nitrogens is 2. The van der Waals surface area contributed by atoms with Crippen molar-refractivity contribution in [3.8, 4) is 0 Å². The lowest BCUT2D eigenvalue weighted by Gasteiger charge is -2.05. The highest BCUT2D eigenvalue weighted by Gasteiger charge is 2.08. The molecule has 0 aliphatic rings. The quantitative estimate of drug-likeness (QED) is 0.836. The molecule has 2 aromatic heterocycles. The highest BCUT2D eigenvalue weighted by Crippen LogP contribution is 2.09. The van der Waals surface area contributed by atoms with E-state index in [1.807, 2.05) is 11.4 Å². The van der Waals surface area contributed by atoms with Gasteiger partial charge in [0.25, 0.3) is 0 Å². The second kappa shape index (κ2) is 6.11. The van der Waals surface area contributed by atoms with Gasteiger partial charge in [0.1, 0.15) is 5.82 Å². The fraction of sp³-hybridized carbons (Fsp3) is 0.250. The first-order valence-electron chi connectivity index (χ1n) is 5.46. The van der Waals surface area contributed by atoms with Crippen LogP contribution in [0, 0.1) is 0 Å². The van der Waals surface area contributed by atoms with Crippen molar-refractivity contribution in [2.45, 2.75) is 6.42 Å². The molecule has 2 heterocycles. The molecule has 0 saturated carbocycles. The maximum Gasteiger partial charge on any atom is 0.358 e. The maximum atomic E-state index is 11.3. The summed E-state index contributed by atoms with van der Waals surface area (Å²) in [5.74, 6) is 0.0962. The summed E-state index contributed by atoms with van der Waals surface area (Å²) >= 11 is 1.72. The van der Waals surface area contributed by atoms with Gasteiger partial charge in [0, 0.05) is 11.4 Å². The Kier molecular flexibility index (Phi) is 4.25. The Balaban J connectivity index is 1.91. The fourth-order valence-corrected chi connectivity index (χ4v) is 2.13. The third-order valence-electron chi connectivity index (χ3n) is 2.29. The van der Waals surface area contributed by atoms with Gasteiger partial charge >= 0.3 is 5.97 Å². The monoisotopic (exact) mass is 263 g/mol. The molecule has 0 saturated heterocycles. The van der Waals surface area contributed by atoms with Crippen LogP contribution >= 0.6 is 11.3 Å². The zero-order chi connectivity index (χ0) is 12.8. The van der Waals surface area contributed by atoms with Crippen LogP contribution in [0.15, 0.2) is 29.9 Å². The van der Waals surface area contributed by atoms with Crippen molar-refractivity contribution < 1.29 is 9.53 Å². The molecule has 0 radical (unpaired) electrons. The Bertz CT molecular complexity index is 514. The molecule has 0 aromatic carbocycles. The Morgan fingerprint density at radius 3 is 3.11 bits per heavy atom. The topological polar surface area (TPSA) is 64.1 Å². The number of carbonyl (C=O) groups excluding carboxylic acids is 1. The van der Waals surface area contributed by atoms with E-state index in [2.05, 4.69) is 26.1 Å². The van der Waals surface area contributed by atoms with Crippen LogP contribution in [-0.2, 0) is 11.2 Å². The molecule has 0 aliphatic heterocycles. The number of ether oxygens (including phenoxy) is 1. The molecular weight excluding hydrogens is 250 g/mol. The number of thiophene rings is 1. The lowest BCUT2D eigenvalue weighted by atomic mass is 10.3. The van der Waals surface area contributed by atoms with E-state index in [0.717, 1.165) is 13.0 Å². The number of rotatable bonds is 5. The van der Waals surface area contributed by atoms with Gasteiger partial charge in [0.05, 0.1) is 19.5 Å². The number of esters is 1. The third-order valence-corrected chi connectivity index (χ3v) is 3.22. The van der Waals surface area contributed by atoms with E-state index in [0.29, 0.717) is 5.82 Å². The molecular formula is C12H13N3O2S. The summed E-state index contributed by atoms with van der Waals surface area (Å²) in [6.45, 7) is 0.750. The molecule has 0 bridgehead atoms. The highest BCUT2D eigenvalue weighted by atomic mass is 32.1. The van der Waals surface area contributed by atoms with Crippen LogP contribution in [-0.4, -0.2) is 29.6 Å². The number of nitrogens with zero attached hydrogens (tertiary/aromatic N) is 2. The summed E-state index contributed by atoms with van der Waals surface area (Å²) in [6.07, 6.45) is 3.89. The second-order valence-electron chi connectivity index (χ2n) is 3.54. The van der Waals surface area contributed by atoms with Gasteiger partial charge in [-0.1, -0.05) is 6.07 Å². The summed E-state index contributed by atoms with van der Waals surface area (Å²) in [6, 6.07) is 4.11. The van der Waals surface area contributed by atoms with E-state index in [-0.39, 0.29) is 5.69 Å². The van der Waals surface area contributed by atoms with E-state index >= 15 is 0 Å². The SMILES string of the molecule is COC(=O)c1cncc(NCCc2cccs2)n1. The molecule has 0 aliphatic carbocycles. The summed E-state index contributed by atoms with van der Waals surface area (Å²) < 4.78 is 4.59. The molecule has 0 fully saturated rings. The van der Waals surface area contributed by atoms with Gasteiger partial charge < -0.3 is 10.1 Å². The lowest BCUT2D eigenvalue weighted by molar-refractivity contribution is 0.0593. The molecule has 6 heteroatoms. The highest BCUT2D eigenvalue weighted by molar-refractivity contribution is 7.09. The smallest absolute Gasteiger partial charge is 0.358 e. The van der Waals surface area contributed by atoms with Gasteiger partial charge in [0.15, 0.2) is 5.69 Å². The van der Waals surface area contributed by atoms with Crippen LogP contribution in [0.1, 0.15) is 15.4 Å². The minimum Gasteiger partial charge on any atom is -0.464 e. The molecule has 0 atom stereocenters. The maximum absolute atomic E-state index is 11.3. The zero-order valence-electron chi connectivity index (χ0n) is 9.92. The third kappa shape index (κ3) is 3.27. The minimum absolute atomic E-state index is 0.207. The predicted octanol–water partition coefficient (Wildman–Crippen LogP) is 1.98. The van der Waals surface area contributed by atoms with Crippen molar-refractivity contribution in [2.75, 3.05) is 19.0 Å². The van der Waals surface area contributed by atoms with E-state index in [1.165, 1.54) is 18.2 Å². The first-order chi connectivity index (χ1) is 8.79. The molecule has 94 valence electrons. The number of hydrogen-bond donors (Lipinski definition) is 1. The zero-order valence-corrected chi connectivity index (χ0v) is 10.7. The average Bonchev–Trinajstić information content (AvgIpc) is 2.91. The van der Waals surface area contributed by atoms with Crippen molar-refractivity contribution in [3.05, 3.63) is 40.5 Å². The van der Waals surface area contributed by atoms with E-state index < -0.39 is 5.97 Å². The minimum atomic E-state index is -0.482. The van der Waals surface area contributed by atoms with Crippen molar-refractivity contribution in [3.63, 3.8) is 0 Å². The molecule has 2 aromatic rings. The Hall–Kier alpha value is -1.95.